The lowest BCUT2D eigenvalue weighted by atomic mass is 10.00. The number of aliphatic hydroxyl groups excluding tert-OH is 3. The smallest absolute Gasteiger partial charge is 0.306 e. The van der Waals surface area contributed by atoms with Gasteiger partial charge in [-0.3, -0.25) is 14.1 Å². The van der Waals surface area contributed by atoms with Gasteiger partial charge in [0, 0.05) is 12.8 Å². The summed E-state index contributed by atoms with van der Waals surface area (Å²) in [4.78, 5) is 25.3. The highest BCUT2D eigenvalue weighted by Gasteiger charge is 2.46. The summed E-state index contributed by atoms with van der Waals surface area (Å²) in [6.07, 6.45) is 25.1. The number of hydrogen-bond acceptors (Lipinski definition) is 11. The summed E-state index contributed by atoms with van der Waals surface area (Å²) >= 11 is 0. The predicted molar refractivity (Wildman–Crippen MR) is 215 cm³/mol. The zero-order valence-corrected chi connectivity index (χ0v) is 34.9. The molecule has 0 aromatic rings. The van der Waals surface area contributed by atoms with Crippen LogP contribution in [-0.4, -0.2) is 96.0 Å². The molecule has 322 valence electrons. The largest absolute Gasteiger partial charge is 0.462 e. The number of aliphatic hydroxyl groups is 3. The van der Waals surface area contributed by atoms with Crippen LogP contribution in [0.5, 0.6) is 0 Å². The molecule has 1 heterocycles. The molecule has 2 unspecified atom stereocenters. The molecule has 4 N–H and O–H groups in total. The van der Waals surface area contributed by atoms with E-state index in [0.717, 1.165) is 77.0 Å². The second-order valence-electron chi connectivity index (χ2n) is 15.0. The van der Waals surface area contributed by atoms with Gasteiger partial charge in [-0.05, 0) is 64.2 Å². The Balaban J connectivity index is 2.49. The first-order valence-corrected chi connectivity index (χ1v) is 23.0. The predicted octanol–water partition coefficient (Wildman–Crippen LogP) is 8.06. The average molecular weight is 805 g/mol. The second kappa shape index (κ2) is 33.1. The third-order valence-electron chi connectivity index (χ3n) is 9.75. The van der Waals surface area contributed by atoms with Crippen molar-refractivity contribution in [3.05, 3.63) is 24.3 Å². The molecule has 0 amide bonds. The molecule has 13 heteroatoms. The second-order valence-corrected chi connectivity index (χ2v) is 16.5. The Labute approximate surface area is 332 Å². The zero-order chi connectivity index (χ0) is 40.6. The summed E-state index contributed by atoms with van der Waals surface area (Å²) in [7, 11) is -4.60. The van der Waals surface area contributed by atoms with E-state index in [0.29, 0.717) is 12.8 Å². The van der Waals surface area contributed by atoms with E-state index >= 15 is 0 Å². The summed E-state index contributed by atoms with van der Waals surface area (Å²) in [6.45, 7) is 3.71. The van der Waals surface area contributed by atoms with E-state index in [9.17, 15) is 37.9 Å². The van der Waals surface area contributed by atoms with Gasteiger partial charge in [-0.15, -0.1) is 0 Å². The summed E-state index contributed by atoms with van der Waals surface area (Å²) in [5.74, 6) is -2.00. The molecule has 0 spiro atoms. The van der Waals surface area contributed by atoms with Crippen LogP contribution in [0.25, 0.3) is 0 Å². The van der Waals surface area contributed by atoms with E-state index in [-0.39, 0.29) is 19.4 Å². The van der Waals surface area contributed by atoms with Gasteiger partial charge in [-0.1, -0.05) is 122 Å². The van der Waals surface area contributed by atoms with Crippen LogP contribution in [0.3, 0.4) is 0 Å². The number of unbranched alkanes of at least 4 members (excludes halogenated alkanes) is 19. The maximum atomic E-state index is 12.8. The van der Waals surface area contributed by atoms with Crippen molar-refractivity contribution in [2.45, 2.75) is 211 Å². The van der Waals surface area contributed by atoms with Crippen molar-refractivity contribution in [3.8, 4) is 0 Å². The number of ether oxygens (including phenoxy) is 4. The molecule has 1 saturated heterocycles. The van der Waals surface area contributed by atoms with E-state index in [1.807, 2.05) is 0 Å². The normalized spacial score (nSPS) is 21.0. The molecule has 0 aliphatic carbocycles. The number of allylic oxidation sites excluding steroid dienone is 4. The van der Waals surface area contributed by atoms with Gasteiger partial charge in [0.2, 0.25) is 0 Å². The molecular weight excluding hydrogens is 729 g/mol. The molecule has 0 aromatic heterocycles. The van der Waals surface area contributed by atoms with Crippen molar-refractivity contribution in [2.24, 2.45) is 0 Å². The van der Waals surface area contributed by atoms with Gasteiger partial charge >= 0.3 is 11.9 Å². The maximum absolute atomic E-state index is 12.8. The van der Waals surface area contributed by atoms with Crippen molar-refractivity contribution in [2.75, 3.05) is 19.0 Å². The maximum Gasteiger partial charge on any atom is 0.306 e. The van der Waals surface area contributed by atoms with Gasteiger partial charge in [0.05, 0.1) is 6.61 Å². The van der Waals surface area contributed by atoms with Crippen LogP contribution in [0, 0.1) is 0 Å². The first-order valence-electron chi connectivity index (χ1n) is 21.4. The zero-order valence-electron chi connectivity index (χ0n) is 34.0. The van der Waals surface area contributed by atoms with E-state index in [2.05, 4.69) is 38.2 Å². The molecule has 12 nitrogen and oxygen atoms in total. The molecular formula is C42H76O12S. The summed E-state index contributed by atoms with van der Waals surface area (Å²) in [5, 5.41) is 30.8. The van der Waals surface area contributed by atoms with Crippen LogP contribution in [0.1, 0.15) is 174 Å². The Morgan fingerprint density at radius 3 is 1.53 bits per heavy atom. The monoisotopic (exact) mass is 805 g/mol. The van der Waals surface area contributed by atoms with Crippen molar-refractivity contribution in [1.82, 2.24) is 0 Å². The molecule has 0 radical (unpaired) electrons. The minimum atomic E-state index is -4.60. The number of rotatable bonds is 35. The van der Waals surface area contributed by atoms with Crippen LogP contribution in [0.15, 0.2) is 24.3 Å². The lowest BCUT2D eigenvalue weighted by molar-refractivity contribution is -0.297. The van der Waals surface area contributed by atoms with Gasteiger partial charge < -0.3 is 34.3 Å². The lowest BCUT2D eigenvalue weighted by Gasteiger charge is -2.40. The fourth-order valence-electron chi connectivity index (χ4n) is 6.37. The first-order chi connectivity index (χ1) is 26.5. The number of esters is 2. The Hall–Kier alpha value is -1.87. The Morgan fingerprint density at radius 2 is 1.04 bits per heavy atom. The van der Waals surface area contributed by atoms with Crippen molar-refractivity contribution >= 4 is 22.1 Å². The molecule has 0 saturated carbocycles. The lowest BCUT2D eigenvalue weighted by Crippen LogP contribution is -2.60. The van der Waals surface area contributed by atoms with E-state index in [1.165, 1.54) is 57.8 Å². The highest BCUT2D eigenvalue weighted by molar-refractivity contribution is 7.85. The fraction of sp³-hybridized carbons (Fsp3) is 0.857. The molecule has 1 aliphatic rings. The van der Waals surface area contributed by atoms with Crippen LogP contribution in [0.4, 0.5) is 0 Å². The minimum absolute atomic E-state index is 0.154. The quantitative estimate of drug-likeness (QED) is 0.0209. The van der Waals surface area contributed by atoms with Crippen LogP contribution in [0.2, 0.25) is 0 Å². The highest BCUT2D eigenvalue weighted by Crippen LogP contribution is 2.24. The topological polar surface area (TPSA) is 186 Å². The third kappa shape index (κ3) is 28.2. The Bertz CT molecular complexity index is 1130. The molecule has 55 heavy (non-hydrogen) atoms. The van der Waals surface area contributed by atoms with Gasteiger partial charge in [0.25, 0.3) is 10.1 Å². The average Bonchev–Trinajstić information content (AvgIpc) is 3.14. The molecule has 1 fully saturated rings. The SMILES string of the molecule is CCCCCC/C=C/CCCCCCCC(=O)OC[C@H](CO[C@H]1O[C@H](CS(=O)(=O)O)[C@@H](O)C(O)C1O)OC(=O)CCCCCCC/C=C/CCCCCCC. The third-order valence-corrected chi connectivity index (χ3v) is 10.5. The van der Waals surface area contributed by atoms with Gasteiger partial charge in [0.15, 0.2) is 12.4 Å². The Morgan fingerprint density at radius 1 is 0.600 bits per heavy atom. The summed E-state index contributed by atoms with van der Waals surface area (Å²) < 4.78 is 53.9. The van der Waals surface area contributed by atoms with Crippen molar-refractivity contribution in [1.29, 1.82) is 0 Å². The van der Waals surface area contributed by atoms with E-state index in [1.54, 1.807) is 0 Å². The Kier molecular flexibility index (Phi) is 30.8. The minimum Gasteiger partial charge on any atom is -0.462 e. The standard InChI is InChI=1S/C42H76O12S/c1-3-5-7-9-11-13-15-17-19-21-23-25-27-29-31-38(44)53-35(33-52-42-41(47)40(46)39(45)36(54-42)34-55(48,49)50)32-51-37(43)30-28-26-24-22-20-18-16-14-12-10-8-6-4-2/h14-17,35-36,39-42,45-47H,3-13,18-34H2,1-2H3,(H,48,49,50)/b16-14+,17-15+/t35-,36-,39-,40?,41?,42+/m1/s1. The molecule has 1 aliphatic heterocycles. The van der Waals surface area contributed by atoms with Crippen molar-refractivity contribution in [3.63, 3.8) is 0 Å². The molecule has 0 aromatic carbocycles. The molecule has 6 atom stereocenters. The molecule has 0 bridgehead atoms. The number of carbonyl (C=O) groups is 2. The highest BCUT2D eigenvalue weighted by atomic mass is 32.2. The van der Waals surface area contributed by atoms with Crippen LogP contribution in [-0.2, 0) is 38.7 Å². The van der Waals surface area contributed by atoms with Gasteiger partial charge in [0.1, 0.15) is 36.8 Å². The van der Waals surface area contributed by atoms with Gasteiger partial charge in [-0.2, -0.15) is 8.42 Å². The summed E-state index contributed by atoms with van der Waals surface area (Å²) in [5.41, 5.74) is 0. The summed E-state index contributed by atoms with van der Waals surface area (Å²) in [6, 6.07) is 0. The van der Waals surface area contributed by atoms with Crippen molar-refractivity contribution < 1.29 is 56.8 Å². The molecule has 1 rings (SSSR count). The van der Waals surface area contributed by atoms with Gasteiger partial charge in [-0.25, -0.2) is 0 Å². The number of hydrogen-bond donors (Lipinski definition) is 4. The number of carbonyl (C=O) groups excluding carboxylic acids is 2. The fourth-order valence-corrected chi connectivity index (χ4v) is 7.06. The first kappa shape index (κ1) is 51.1. The van der Waals surface area contributed by atoms with Crippen LogP contribution >= 0.6 is 0 Å². The van der Waals surface area contributed by atoms with Crippen LogP contribution < -0.4 is 0 Å². The van der Waals surface area contributed by atoms with E-state index < -0.39 is 71.2 Å². The van der Waals surface area contributed by atoms with E-state index in [4.69, 9.17) is 18.9 Å².